The van der Waals surface area contributed by atoms with Crippen molar-refractivity contribution in [2.45, 2.75) is 13.3 Å². The van der Waals surface area contributed by atoms with E-state index in [2.05, 4.69) is 11.1 Å². The van der Waals surface area contributed by atoms with Crippen LogP contribution in [-0.2, 0) is 6.42 Å². The topological polar surface area (TPSA) is 62.7 Å². The van der Waals surface area contributed by atoms with Gasteiger partial charge in [0.05, 0.1) is 5.69 Å². The first-order valence-electron chi connectivity index (χ1n) is 4.99. The third-order valence-electron chi connectivity index (χ3n) is 2.43. The lowest BCUT2D eigenvalue weighted by molar-refractivity contribution is 1.16. The summed E-state index contributed by atoms with van der Waals surface area (Å²) in [5, 5.41) is 8.96. The first kappa shape index (κ1) is 10.7. The van der Waals surface area contributed by atoms with E-state index in [1.54, 1.807) is 12.4 Å². The molecule has 0 unspecified atom stereocenters. The fourth-order valence-electron chi connectivity index (χ4n) is 1.64. The predicted molar refractivity (Wildman–Crippen MR) is 66.1 cm³/mol. The molecule has 2 rings (SSSR count). The average Bonchev–Trinajstić information content (AvgIpc) is 2.66. The number of nitriles is 1. The molecule has 0 amide bonds. The summed E-state index contributed by atoms with van der Waals surface area (Å²) in [6.07, 6.45) is 4.36. The van der Waals surface area contributed by atoms with Gasteiger partial charge in [-0.1, -0.05) is 13.0 Å². The molecule has 2 aromatic heterocycles. The fraction of sp³-hybridized carbons (Fsp3) is 0.167. The number of nitrogen functional groups attached to an aromatic ring is 1. The summed E-state index contributed by atoms with van der Waals surface area (Å²) < 4.78 is 0. The van der Waals surface area contributed by atoms with Crippen LogP contribution in [0.3, 0.4) is 0 Å². The molecule has 3 nitrogen and oxygen atoms in total. The number of hydrogen-bond acceptors (Lipinski definition) is 4. The molecule has 80 valence electrons. The fourth-order valence-corrected chi connectivity index (χ4v) is 2.74. The van der Waals surface area contributed by atoms with E-state index in [0.29, 0.717) is 10.6 Å². The van der Waals surface area contributed by atoms with E-state index in [9.17, 15) is 0 Å². The minimum atomic E-state index is 0.593. The maximum Gasteiger partial charge on any atom is 0.128 e. The van der Waals surface area contributed by atoms with Crippen LogP contribution in [0.5, 0.6) is 0 Å². The molecule has 0 spiro atoms. The Morgan fingerprint density at radius 2 is 2.38 bits per heavy atom. The Balaban J connectivity index is 2.62. The Morgan fingerprint density at radius 1 is 1.56 bits per heavy atom. The zero-order valence-corrected chi connectivity index (χ0v) is 9.71. The lowest BCUT2D eigenvalue weighted by Crippen LogP contribution is -1.91. The number of pyridine rings is 1. The average molecular weight is 229 g/mol. The second kappa shape index (κ2) is 4.33. The third-order valence-corrected chi connectivity index (χ3v) is 3.63. The van der Waals surface area contributed by atoms with Gasteiger partial charge in [-0.2, -0.15) is 5.26 Å². The molecule has 16 heavy (non-hydrogen) atoms. The molecule has 0 aliphatic carbocycles. The van der Waals surface area contributed by atoms with Gasteiger partial charge in [0.15, 0.2) is 0 Å². The van der Waals surface area contributed by atoms with Crippen LogP contribution in [-0.4, -0.2) is 4.98 Å². The Labute approximate surface area is 98.2 Å². The molecule has 0 aliphatic heterocycles. The summed E-state index contributed by atoms with van der Waals surface area (Å²) in [4.78, 5) is 5.74. The van der Waals surface area contributed by atoms with Crippen molar-refractivity contribution < 1.29 is 0 Å². The summed E-state index contributed by atoms with van der Waals surface area (Å²) in [5.41, 5.74) is 8.63. The second-order valence-electron chi connectivity index (χ2n) is 3.36. The number of hydrogen-bond donors (Lipinski definition) is 1. The zero-order chi connectivity index (χ0) is 11.5. The van der Waals surface area contributed by atoms with Gasteiger partial charge in [-0.05, 0) is 18.1 Å². The van der Waals surface area contributed by atoms with Gasteiger partial charge < -0.3 is 5.73 Å². The molecule has 4 heteroatoms. The summed E-state index contributed by atoms with van der Waals surface area (Å²) in [7, 11) is 0. The van der Waals surface area contributed by atoms with Crippen LogP contribution in [0, 0.1) is 11.3 Å². The predicted octanol–water partition coefficient (Wildman–Crippen LogP) is 2.83. The van der Waals surface area contributed by atoms with Crippen molar-refractivity contribution in [3.63, 3.8) is 0 Å². The first-order chi connectivity index (χ1) is 7.77. The molecular weight excluding hydrogens is 218 g/mol. The highest BCUT2D eigenvalue weighted by molar-refractivity contribution is 7.16. The standard InChI is InChI=1S/C12H11N3S/c1-2-9-11(14)10(6-13)16-12(9)8-4-3-5-15-7-8/h3-5,7H,2,14H2,1H3. The SMILES string of the molecule is CCc1c(-c2cccnc2)sc(C#N)c1N. The summed E-state index contributed by atoms with van der Waals surface area (Å²) in [5.74, 6) is 0. The van der Waals surface area contributed by atoms with E-state index in [0.717, 1.165) is 22.4 Å². The molecule has 0 atom stereocenters. The van der Waals surface area contributed by atoms with E-state index in [-0.39, 0.29) is 0 Å². The number of thiophene rings is 1. The van der Waals surface area contributed by atoms with E-state index in [1.807, 2.05) is 19.1 Å². The lowest BCUT2D eigenvalue weighted by atomic mass is 10.1. The van der Waals surface area contributed by atoms with Gasteiger partial charge in [0, 0.05) is 22.8 Å². The Kier molecular flexibility index (Phi) is 2.88. The molecule has 0 aliphatic rings. The monoisotopic (exact) mass is 229 g/mol. The molecule has 2 aromatic rings. The highest BCUT2D eigenvalue weighted by Gasteiger charge is 2.15. The molecule has 0 saturated carbocycles. The molecule has 2 heterocycles. The van der Waals surface area contributed by atoms with Gasteiger partial charge in [-0.3, -0.25) is 4.98 Å². The van der Waals surface area contributed by atoms with E-state index >= 15 is 0 Å². The van der Waals surface area contributed by atoms with Crippen molar-refractivity contribution in [1.29, 1.82) is 5.26 Å². The number of aromatic nitrogens is 1. The Bertz CT molecular complexity index is 537. The smallest absolute Gasteiger partial charge is 0.128 e. The van der Waals surface area contributed by atoms with Crippen molar-refractivity contribution in [1.82, 2.24) is 4.98 Å². The number of rotatable bonds is 2. The third kappa shape index (κ3) is 1.66. The number of anilines is 1. The van der Waals surface area contributed by atoms with Crippen molar-refractivity contribution in [3.8, 4) is 16.5 Å². The van der Waals surface area contributed by atoms with E-state index in [4.69, 9.17) is 11.0 Å². The molecule has 2 N–H and O–H groups in total. The van der Waals surface area contributed by atoms with Gasteiger partial charge in [0.25, 0.3) is 0 Å². The van der Waals surface area contributed by atoms with Crippen LogP contribution >= 0.6 is 11.3 Å². The summed E-state index contributed by atoms with van der Waals surface area (Å²) in [6, 6.07) is 6.00. The van der Waals surface area contributed by atoms with Gasteiger partial charge >= 0.3 is 0 Å². The van der Waals surface area contributed by atoms with Crippen molar-refractivity contribution in [2.24, 2.45) is 0 Å². The number of nitrogens with zero attached hydrogens (tertiary/aromatic N) is 2. The second-order valence-corrected chi connectivity index (χ2v) is 4.38. The van der Waals surface area contributed by atoms with Crippen LogP contribution in [0.15, 0.2) is 24.5 Å². The van der Waals surface area contributed by atoms with Crippen molar-refractivity contribution >= 4 is 17.0 Å². The quantitative estimate of drug-likeness (QED) is 0.861. The van der Waals surface area contributed by atoms with E-state index in [1.165, 1.54) is 11.3 Å². The van der Waals surface area contributed by atoms with Crippen molar-refractivity contribution in [3.05, 3.63) is 35.0 Å². The van der Waals surface area contributed by atoms with Crippen LogP contribution in [0.2, 0.25) is 0 Å². The largest absolute Gasteiger partial charge is 0.397 e. The minimum Gasteiger partial charge on any atom is -0.397 e. The van der Waals surface area contributed by atoms with Crippen LogP contribution in [0.4, 0.5) is 5.69 Å². The minimum absolute atomic E-state index is 0.593. The normalized spacial score (nSPS) is 10.0. The van der Waals surface area contributed by atoms with Gasteiger partial charge in [-0.25, -0.2) is 0 Å². The van der Waals surface area contributed by atoms with Gasteiger partial charge in [0.2, 0.25) is 0 Å². The van der Waals surface area contributed by atoms with E-state index < -0.39 is 0 Å². The molecule has 0 fully saturated rings. The highest BCUT2D eigenvalue weighted by atomic mass is 32.1. The molecule has 0 bridgehead atoms. The maximum absolute atomic E-state index is 8.96. The maximum atomic E-state index is 8.96. The first-order valence-corrected chi connectivity index (χ1v) is 5.81. The highest BCUT2D eigenvalue weighted by Crippen LogP contribution is 2.38. The van der Waals surface area contributed by atoms with Gasteiger partial charge in [0.1, 0.15) is 10.9 Å². The van der Waals surface area contributed by atoms with Crippen LogP contribution in [0.25, 0.3) is 10.4 Å². The molecule has 0 radical (unpaired) electrons. The Morgan fingerprint density at radius 3 is 2.94 bits per heavy atom. The van der Waals surface area contributed by atoms with Crippen LogP contribution < -0.4 is 5.73 Å². The number of nitrogens with two attached hydrogens (primary N) is 1. The summed E-state index contributed by atoms with van der Waals surface area (Å²) in [6.45, 7) is 2.04. The van der Waals surface area contributed by atoms with Crippen molar-refractivity contribution in [2.75, 3.05) is 5.73 Å². The molecule has 0 aromatic carbocycles. The zero-order valence-electron chi connectivity index (χ0n) is 8.90. The Hall–Kier alpha value is -1.86. The molecular formula is C12H11N3S. The summed E-state index contributed by atoms with van der Waals surface area (Å²) >= 11 is 1.44. The van der Waals surface area contributed by atoms with Crippen LogP contribution in [0.1, 0.15) is 17.4 Å². The van der Waals surface area contributed by atoms with Gasteiger partial charge in [-0.15, -0.1) is 11.3 Å². The molecule has 0 saturated heterocycles. The lowest BCUT2D eigenvalue weighted by Gasteiger charge is -2.01.